The zero-order valence-corrected chi connectivity index (χ0v) is 9.27. The minimum Gasteiger partial charge on any atom is -0.383 e. The summed E-state index contributed by atoms with van der Waals surface area (Å²) in [5.74, 6) is 0.380. The lowest BCUT2D eigenvalue weighted by atomic mass is 10.3. The lowest BCUT2D eigenvalue weighted by molar-refractivity contribution is 0.593. The Bertz CT molecular complexity index is 646. The van der Waals surface area contributed by atoms with Gasteiger partial charge in [-0.1, -0.05) is 0 Å². The van der Waals surface area contributed by atoms with Crippen LogP contribution >= 0.6 is 0 Å². The molecule has 0 saturated heterocycles. The highest BCUT2D eigenvalue weighted by Gasteiger charge is 2.17. The van der Waals surface area contributed by atoms with Crippen LogP contribution in [-0.2, 0) is 16.4 Å². The minimum absolute atomic E-state index is 0.134. The fourth-order valence-electron chi connectivity index (χ4n) is 1.18. The van der Waals surface area contributed by atoms with Gasteiger partial charge in [-0.3, -0.25) is 0 Å². The number of rotatable bonds is 2. The summed E-state index contributed by atoms with van der Waals surface area (Å²) in [6.45, 7) is 0.197. The zero-order valence-electron chi connectivity index (χ0n) is 8.45. The number of nitrogen functional groups attached to an aromatic ring is 1. The van der Waals surface area contributed by atoms with Gasteiger partial charge >= 0.3 is 0 Å². The molecule has 0 radical (unpaired) electrons. The van der Waals surface area contributed by atoms with Crippen molar-refractivity contribution in [1.29, 1.82) is 0 Å². The highest BCUT2D eigenvalue weighted by molar-refractivity contribution is 7.90. The molecule has 0 unspecified atom stereocenters. The van der Waals surface area contributed by atoms with Crippen LogP contribution in [0.2, 0.25) is 0 Å². The van der Waals surface area contributed by atoms with Crippen LogP contribution in [0.4, 0.5) is 5.82 Å². The van der Waals surface area contributed by atoms with Crippen LogP contribution in [0.1, 0.15) is 5.56 Å². The van der Waals surface area contributed by atoms with Crippen molar-refractivity contribution in [3.63, 3.8) is 0 Å². The summed E-state index contributed by atoms with van der Waals surface area (Å²) in [7, 11) is -3.47. The second kappa shape index (κ2) is 3.39. The SMILES string of the molecule is CS(=O)(=O)c1nc2ncc(CN)c(N)n2n1. The molecule has 0 amide bonds. The number of hydrogen-bond acceptors (Lipinski definition) is 7. The van der Waals surface area contributed by atoms with Crippen molar-refractivity contribution in [3.05, 3.63) is 11.8 Å². The average Bonchev–Trinajstić information content (AvgIpc) is 2.62. The highest BCUT2D eigenvalue weighted by Crippen LogP contribution is 2.12. The van der Waals surface area contributed by atoms with Crippen molar-refractivity contribution in [2.75, 3.05) is 12.0 Å². The third-order valence-electron chi connectivity index (χ3n) is 2.02. The molecule has 2 aromatic rings. The Hall–Kier alpha value is -1.74. The van der Waals surface area contributed by atoms with Crippen molar-refractivity contribution in [3.8, 4) is 0 Å². The van der Waals surface area contributed by atoms with E-state index in [0.717, 1.165) is 6.26 Å². The highest BCUT2D eigenvalue weighted by atomic mass is 32.2. The minimum atomic E-state index is -3.47. The molecule has 0 aliphatic carbocycles. The first kappa shape index (κ1) is 10.8. The monoisotopic (exact) mass is 242 g/mol. The van der Waals surface area contributed by atoms with Crippen LogP contribution in [0.15, 0.2) is 11.4 Å². The second-order valence-electron chi connectivity index (χ2n) is 3.25. The number of nitrogens with zero attached hydrogens (tertiary/aromatic N) is 4. The average molecular weight is 242 g/mol. The molecule has 4 N–H and O–H groups in total. The lowest BCUT2D eigenvalue weighted by Crippen LogP contribution is -2.08. The number of fused-ring (bicyclic) bond motifs is 1. The van der Waals surface area contributed by atoms with Gasteiger partial charge in [-0.15, -0.1) is 5.10 Å². The summed E-state index contributed by atoms with van der Waals surface area (Å²) >= 11 is 0. The molecule has 9 heteroatoms. The van der Waals surface area contributed by atoms with Crippen LogP contribution in [0, 0.1) is 0 Å². The van der Waals surface area contributed by atoms with Crippen LogP contribution in [-0.4, -0.2) is 34.3 Å². The molecule has 0 saturated carbocycles. The number of sulfone groups is 1. The van der Waals surface area contributed by atoms with Crippen molar-refractivity contribution in [2.45, 2.75) is 11.7 Å². The van der Waals surface area contributed by atoms with Gasteiger partial charge in [-0.25, -0.2) is 13.4 Å². The van der Waals surface area contributed by atoms with Gasteiger partial charge in [0.25, 0.3) is 10.9 Å². The quantitative estimate of drug-likeness (QED) is 0.660. The normalized spacial score (nSPS) is 12.1. The molecule has 8 nitrogen and oxygen atoms in total. The van der Waals surface area contributed by atoms with Crippen molar-refractivity contribution < 1.29 is 8.42 Å². The molecule has 86 valence electrons. The molecule has 0 spiro atoms. The molecule has 2 aromatic heterocycles. The Morgan fingerprint density at radius 2 is 2.19 bits per heavy atom. The Morgan fingerprint density at radius 1 is 1.50 bits per heavy atom. The third-order valence-corrected chi connectivity index (χ3v) is 2.85. The Kier molecular flexibility index (Phi) is 2.28. The van der Waals surface area contributed by atoms with Crippen molar-refractivity contribution >= 4 is 21.4 Å². The summed E-state index contributed by atoms with van der Waals surface area (Å²) in [5.41, 5.74) is 11.7. The van der Waals surface area contributed by atoms with Gasteiger partial charge < -0.3 is 11.5 Å². The molecule has 0 aliphatic heterocycles. The van der Waals surface area contributed by atoms with Crippen LogP contribution in [0.5, 0.6) is 0 Å². The number of aromatic nitrogens is 4. The summed E-state index contributed by atoms with van der Waals surface area (Å²) in [6, 6.07) is 0. The molecule has 0 aliphatic rings. The largest absolute Gasteiger partial charge is 0.383 e. The van der Waals surface area contributed by atoms with E-state index in [2.05, 4.69) is 15.1 Å². The maximum absolute atomic E-state index is 11.2. The fourth-order valence-corrected chi connectivity index (χ4v) is 1.66. The molecule has 2 heterocycles. The van der Waals surface area contributed by atoms with E-state index >= 15 is 0 Å². The first-order valence-corrected chi connectivity index (χ1v) is 6.23. The Balaban J connectivity index is 2.77. The molecule has 0 atom stereocenters. The van der Waals surface area contributed by atoms with E-state index < -0.39 is 9.84 Å². The Morgan fingerprint density at radius 3 is 2.75 bits per heavy atom. The Labute approximate surface area is 91.2 Å². The third kappa shape index (κ3) is 1.59. The molecule has 0 bridgehead atoms. The van der Waals surface area contributed by atoms with E-state index in [-0.39, 0.29) is 23.3 Å². The molecule has 16 heavy (non-hydrogen) atoms. The molecule has 2 rings (SSSR count). The lowest BCUT2D eigenvalue weighted by Gasteiger charge is -2.01. The fraction of sp³-hybridized carbons (Fsp3) is 0.286. The van der Waals surface area contributed by atoms with Crippen LogP contribution in [0.3, 0.4) is 0 Å². The summed E-state index contributed by atoms with van der Waals surface area (Å²) in [5, 5.41) is 3.46. The van der Waals surface area contributed by atoms with E-state index in [9.17, 15) is 8.42 Å². The van der Waals surface area contributed by atoms with Gasteiger partial charge in [-0.05, 0) is 0 Å². The first-order valence-electron chi connectivity index (χ1n) is 4.33. The van der Waals surface area contributed by atoms with Gasteiger partial charge in [-0.2, -0.15) is 9.50 Å². The summed E-state index contributed by atoms with van der Waals surface area (Å²) in [4.78, 5) is 7.66. The predicted octanol–water partition coefficient (Wildman–Crippen LogP) is -1.43. The maximum Gasteiger partial charge on any atom is 0.268 e. The topological polar surface area (TPSA) is 129 Å². The van der Waals surface area contributed by atoms with E-state index in [1.54, 1.807) is 0 Å². The summed E-state index contributed by atoms with van der Waals surface area (Å²) < 4.78 is 23.6. The number of anilines is 1. The van der Waals surface area contributed by atoms with E-state index in [1.807, 2.05) is 0 Å². The molecule has 0 aromatic carbocycles. The molecular weight excluding hydrogens is 232 g/mol. The van der Waals surface area contributed by atoms with Gasteiger partial charge in [0.2, 0.25) is 9.84 Å². The maximum atomic E-state index is 11.2. The molecular formula is C7H10N6O2S. The van der Waals surface area contributed by atoms with Crippen LogP contribution in [0.25, 0.3) is 5.78 Å². The van der Waals surface area contributed by atoms with Crippen LogP contribution < -0.4 is 11.5 Å². The molecule has 0 fully saturated rings. The summed E-state index contributed by atoms with van der Waals surface area (Å²) in [6.07, 6.45) is 2.47. The van der Waals surface area contributed by atoms with Crippen molar-refractivity contribution in [1.82, 2.24) is 19.6 Å². The van der Waals surface area contributed by atoms with Gasteiger partial charge in [0, 0.05) is 24.6 Å². The van der Waals surface area contributed by atoms with E-state index in [4.69, 9.17) is 11.5 Å². The predicted molar refractivity (Wildman–Crippen MR) is 56.2 cm³/mol. The smallest absolute Gasteiger partial charge is 0.268 e. The number of nitrogens with two attached hydrogens (primary N) is 2. The standard InChI is InChI=1S/C7H10N6O2S/c1-16(14,15)7-11-6-10-3-4(2-8)5(9)13(6)12-7/h3H,2,8-9H2,1H3. The van der Waals surface area contributed by atoms with E-state index in [0.29, 0.717) is 5.56 Å². The van der Waals surface area contributed by atoms with E-state index in [1.165, 1.54) is 10.7 Å². The van der Waals surface area contributed by atoms with Crippen molar-refractivity contribution in [2.24, 2.45) is 5.73 Å². The number of hydrogen-bond donors (Lipinski definition) is 2. The zero-order chi connectivity index (χ0) is 11.9. The van der Waals surface area contributed by atoms with Gasteiger partial charge in [0.1, 0.15) is 5.82 Å². The van der Waals surface area contributed by atoms with Gasteiger partial charge in [0.15, 0.2) is 0 Å². The second-order valence-corrected chi connectivity index (χ2v) is 5.16. The van der Waals surface area contributed by atoms with Gasteiger partial charge in [0.05, 0.1) is 0 Å². The first-order chi connectivity index (χ1) is 7.43.